The highest BCUT2D eigenvalue weighted by Crippen LogP contribution is 2.46. The summed E-state index contributed by atoms with van der Waals surface area (Å²) in [6.07, 6.45) is 6.46. The van der Waals surface area contributed by atoms with Crippen LogP contribution in [0.1, 0.15) is 56.3 Å². The summed E-state index contributed by atoms with van der Waals surface area (Å²) in [5, 5.41) is 1.09. The molecule has 3 heterocycles. The van der Waals surface area contributed by atoms with E-state index in [1.165, 1.54) is 0 Å². The van der Waals surface area contributed by atoms with E-state index in [4.69, 9.17) is 20.4 Å². The van der Waals surface area contributed by atoms with E-state index in [0.29, 0.717) is 31.2 Å². The van der Waals surface area contributed by atoms with Crippen LogP contribution in [0.2, 0.25) is 0 Å². The topological polar surface area (TPSA) is 84.6 Å². The first-order valence-electron chi connectivity index (χ1n) is 13.4. The van der Waals surface area contributed by atoms with Crippen molar-refractivity contribution in [2.24, 2.45) is 0 Å². The molecule has 2 aliphatic rings. The van der Waals surface area contributed by atoms with Crippen LogP contribution in [0, 0.1) is 0 Å². The summed E-state index contributed by atoms with van der Waals surface area (Å²) in [5.74, 6) is 1.45. The molecule has 5 rings (SSSR count). The fourth-order valence-electron chi connectivity index (χ4n) is 5.48. The Morgan fingerprint density at radius 2 is 2.00 bits per heavy atom. The SMILES string of the molecule is C=Cc1cc(-c2cc(N)c(N3CCN(C(=O)CCOC)[C@H](CCC)C3)nc2C2CC2)c2ccccc2n1. The molecular weight excluding hydrogens is 462 g/mol. The number of amides is 1. The van der Waals surface area contributed by atoms with E-state index in [-0.39, 0.29) is 11.9 Å². The second-order valence-corrected chi connectivity index (χ2v) is 10.1. The molecule has 194 valence electrons. The largest absolute Gasteiger partial charge is 0.396 e. The maximum atomic E-state index is 12.8. The predicted molar refractivity (Wildman–Crippen MR) is 151 cm³/mol. The lowest BCUT2D eigenvalue weighted by molar-refractivity contribution is -0.135. The molecule has 37 heavy (non-hydrogen) atoms. The third kappa shape index (κ3) is 5.18. The number of benzene rings is 1. The first-order chi connectivity index (χ1) is 18.0. The van der Waals surface area contributed by atoms with E-state index < -0.39 is 0 Å². The smallest absolute Gasteiger partial charge is 0.225 e. The zero-order valence-electron chi connectivity index (χ0n) is 21.9. The van der Waals surface area contributed by atoms with Crippen molar-refractivity contribution in [2.75, 3.05) is 44.0 Å². The number of para-hydroxylation sites is 1. The van der Waals surface area contributed by atoms with Gasteiger partial charge in [0.15, 0.2) is 5.82 Å². The summed E-state index contributed by atoms with van der Waals surface area (Å²) in [5.41, 5.74) is 12.5. The van der Waals surface area contributed by atoms with E-state index in [1.54, 1.807) is 13.2 Å². The Kier molecular flexibility index (Phi) is 7.42. The normalized spacial score (nSPS) is 17.8. The molecule has 1 saturated carbocycles. The highest BCUT2D eigenvalue weighted by atomic mass is 16.5. The van der Waals surface area contributed by atoms with E-state index in [9.17, 15) is 4.79 Å². The number of piperazine rings is 1. The number of anilines is 2. The van der Waals surface area contributed by atoms with Crippen molar-refractivity contribution in [1.82, 2.24) is 14.9 Å². The van der Waals surface area contributed by atoms with Gasteiger partial charge in [0.05, 0.1) is 35.6 Å². The van der Waals surface area contributed by atoms with Gasteiger partial charge in [0.1, 0.15) is 0 Å². The van der Waals surface area contributed by atoms with E-state index >= 15 is 0 Å². The van der Waals surface area contributed by atoms with Crippen molar-refractivity contribution in [3.8, 4) is 11.1 Å². The Hall–Kier alpha value is -3.45. The molecule has 2 aromatic heterocycles. The highest BCUT2D eigenvalue weighted by Gasteiger charge is 2.34. The Labute approximate surface area is 219 Å². The van der Waals surface area contributed by atoms with Crippen LogP contribution in [-0.4, -0.2) is 60.2 Å². The number of nitrogens with two attached hydrogens (primary N) is 1. The van der Waals surface area contributed by atoms with Crippen LogP contribution >= 0.6 is 0 Å². The third-order valence-electron chi connectivity index (χ3n) is 7.50. The molecule has 1 atom stereocenters. The lowest BCUT2D eigenvalue weighted by Gasteiger charge is -2.42. The molecule has 1 aliphatic heterocycles. The lowest BCUT2D eigenvalue weighted by Crippen LogP contribution is -2.55. The number of nitrogen functional groups attached to an aromatic ring is 1. The Bertz CT molecular complexity index is 1300. The van der Waals surface area contributed by atoms with E-state index in [2.05, 4.69) is 36.6 Å². The molecule has 1 saturated heterocycles. The number of ether oxygens (including phenoxy) is 1. The molecular formula is C30H37N5O2. The number of rotatable bonds is 9. The molecule has 0 spiro atoms. The van der Waals surface area contributed by atoms with Crippen LogP contribution in [0.15, 0.2) is 43.0 Å². The highest BCUT2D eigenvalue weighted by molar-refractivity contribution is 5.97. The lowest BCUT2D eigenvalue weighted by atomic mass is 9.96. The zero-order valence-corrected chi connectivity index (χ0v) is 21.9. The third-order valence-corrected chi connectivity index (χ3v) is 7.50. The zero-order chi connectivity index (χ0) is 25.9. The van der Waals surface area contributed by atoms with Gasteiger partial charge in [0.2, 0.25) is 5.91 Å². The number of aromatic nitrogens is 2. The Morgan fingerprint density at radius 1 is 1.19 bits per heavy atom. The minimum absolute atomic E-state index is 0.146. The molecule has 7 heteroatoms. The maximum absolute atomic E-state index is 12.8. The summed E-state index contributed by atoms with van der Waals surface area (Å²) in [4.78, 5) is 27.1. The number of fused-ring (bicyclic) bond motifs is 1. The van der Waals surface area contributed by atoms with Crippen LogP contribution in [-0.2, 0) is 9.53 Å². The standard InChI is InChI=1S/C30H37N5O2/c1-4-8-22-19-34(14-15-35(22)28(36)13-16-37-3)30-26(31)18-25(29(33-30)20-11-12-20)24-17-21(5-2)32-27-10-7-6-9-23(24)27/h5-7,9-10,17-18,20,22H,2,4,8,11-16,19,31H2,1,3H3/t22-/m1/s1. The molecule has 2 fully saturated rings. The molecule has 0 radical (unpaired) electrons. The van der Waals surface area contributed by atoms with Crippen molar-refractivity contribution in [3.05, 3.63) is 54.4 Å². The molecule has 1 aliphatic carbocycles. The van der Waals surface area contributed by atoms with Gasteiger partial charge in [-0.1, -0.05) is 38.1 Å². The van der Waals surface area contributed by atoms with Crippen LogP contribution in [0.4, 0.5) is 11.5 Å². The minimum atomic E-state index is 0.146. The van der Waals surface area contributed by atoms with Gasteiger partial charge in [0, 0.05) is 49.7 Å². The summed E-state index contributed by atoms with van der Waals surface area (Å²) in [7, 11) is 1.64. The van der Waals surface area contributed by atoms with Gasteiger partial charge in [-0.25, -0.2) is 9.97 Å². The average Bonchev–Trinajstić information content (AvgIpc) is 3.76. The maximum Gasteiger partial charge on any atom is 0.225 e. The quantitative estimate of drug-likeness (QED) is 0.433. The number of hydrogen-bond donors (Lipinski definition) is 1. The second kappa shape index (κ2) is 10.9. The fraction of sp³-hybridized carbons (Fsp3) is 0.433. The van der Waals surface area contributed by atoms with Gasteiger partial charge < -0.3 is 20.3 Å². The Balaban J connectivity index is 1.51. The summed E-state index contributed by atoms with van der Waals surface area (Å²) in [6, 6.07) is 12.6. The second-order valence-electron chi connectivity index (χ2n) is 10.1. The average molecular weight is 500 g/mol. The molecule has 1 amide bonds. The minimum Gasteiger partial charge on any atom is -0.396 e. The van der Waals surface area contributed by atoms with Crippen LogP contribution < -0.4 is 10.6 Å². The fourth-order valence-corrected chi connectivity index (χ4v) is 5.48. The number of carbonyl (C=O) groups excluding carboxylic acids is 1. The van der Waals surface area contributed by atoms with Gasteiger partial charge in [-0.2, -0.15) is 0 Å². The molecule has 3 aromatic rings. The first-order valence-corrected chi connectivity index (χ1v) is 13.4. The summed E-state index contributed by atoms with van der Waals surface area (Å²) < 4.78 is 5.14. The monoisotopic (exact) mass is 499 g/mol. The van der Waals surface area contributed by atoms with Crippen molar-refractivity contribution < 1.29 is 9.53 Å². The van der Waals surface area contributed by atoms with Crippen LogP contribution in [0.5, 0.6) is 0 Å². The van der Waals surface area contributed by atoms with Gasteiger partial charge in [-0.3, -0.25) is 4.79 Å². The molecule has 0 bridgehead atoms. The van der Waals surface area contributed by atoms with Crippen molar-refractivity contribution in [1.29, 1.82) is 0 Å². The van der Waals surface area contributed by atoms with E-state index in [0.717, 1.165) is 78.0 Å². The van der Waals surface area contributed by atoms with Crippen LogP contribution in [0.25, 0.3) is 28.1 Å². The van der Waals surface area contributed by atoms with Gasteiger partial charge in [-0.05, 0) is 49.1 Å². The van der Waals surface area contributed by atoms with Crippen LogP contribution in [0.3, 0.4) is 0 Å². The van der Waals surface area contributed by atoms with Crippen molar-refractivity contribution in [3.63, 3.8) is 0 Å². The van der Waals surface area contributed by atoms with Gasteiger partial charge >= 0.3 is 0 Å². The summed E-state index contributed by atoms with van der Waals surface area (Å²) >= 11 is 0. The summed E-state index contributed by atoms with van der Waals surface area (Å²) in [6.45, 7) is 8.70. The van der Waals surface area contributed by atoms with Crippen molar-refractivity contribution >= 4 is 34.4 Å². The molecule has 1 aromatic carbocycles. The van der Waals surface area contributed by atoms with Gasteiger partial charge in [-0.15, -0.1) is 0 Å². The van der Waals surface area contributed by atoms with Gasteiger partial charge in [0.25, 0.3) is 0 Å². The molecule has 2 N–H and O–H groups in total. The van der Waals surface area contributed by atoms with Crippen molar-refractivity contribution in [2.45, 2.75) is 51.0 Å². The predicted octanol–water partition coefficient (Wildman–Crippen LogP) is 5.25. The number of pyridine rings is 2. The number of nitrogens with zero attached hydrogens (tertiary/aromatic N) is 4. The number of carbonyl (C=O) groups is 1. The van der Waals surface area contributed by atoms with E-state index in [1.807, 2.05) is 23.1 Å². The molecule has 0 unspecified atom stereocenters. The molecule has 7 nitrogen and oxygen atoms in total. The Morgan fingerprint density at radius 3 is 2.73 bits per heavy atom. The number of hydrogen-bond acceptors (Lipinski definition) is 6. The first kappa shape index (κ1) is 25.2. The number of methoxy groups -OCH3 is 1.